The molecule has 148 valence electrons. The highest BCUT2D eigenvalue weighted by molar-refractivity contribution is 6.55. The Morgan fingerprint density at radius 1 is 1.30 bits per heavy atom. The molecule has 0 aliphatic heterocycles. The summed E-state index contributed by atoms with van der Waals surface area (Å²) in [6, 6.07) is 5.79. The van der Waals surface area contributed by atoms with E-state index in [1.54, 1.807) is 13.0 Å². The first-order chi connectivity index (χ1) is 12.5. The Morgan fingerprint density at radius 2 is 1.96 bits per heavy atom. The van der Waals surface area contributed by atoms with E-state index in [9.17, 15) is 9.59 Å². The van der Waals surface area contributed by atoms with Gasteiger partial charge in [0.15, 0.2) is 0 Å². The van der Waals surface area contributed by atoms with Crippen LogP contribution < -0.4 is 10.6 Å². The molecule has 2 amide bonds. The molecule has 1 aliphatic rings. The molecule has 1 aliphatic carbocycles. The number of carbonyl (C=O) groups is 2. The maximum atomic E-state index is 12.4. The van der Waals surface area contributed by atoms with Crippen molar-refractivity contribution < 1.29 is 14.3 Å². The van der Waals surface area contributed by atoms with Crippen LogP contribution in [0.2, 0.25) is 0 Å². The van der Waals surface area contributed by atoms with E-state index in [0.717, 1.165) is 11.1 Å². The van der Waals surface area contributed by atoms with Gasteiger partial charge in [-0.15, -0.1) is 0 Å². The second kappa shape index (κ2) is 8.53. The van der Waals surface area contributed by atoms with Crippen LogP contribution in [0.3, 0.4) is 0 Å². The minimum Gasteiger partial charge on any atom is -0.444 e. The summed E-state index contributed by atoms with van der Waals surface area (Å²) in [5, 5.41) is 5.57. The van der Waals surface area contributed by atoms with Gasteiger partial charge in [0.1, 0.15) is 10.6 Å². The van der Waals surface area contributed by atoms with Crippen LogP contribution >= 0.6 is 23.2 Å². The fraction of sp³-hybridized carbons (Fsp3) is 0.500. The van der Waals surface area contributed by atoms with Gasteiger partial charge in [-0.05, 0) is 55.4 Å². The van der Waals surface area contributed by atoms with Crippen molar-refractivity contribution in [3.63, 3.8) is 0 Å². The maximum Gasteiger partial charge on any atom is 0.411 e. The van der Waals surface area contributed by atoms with Crippen molar-refractivity contribution in [1.29, 1.82) is 0 Å². The quantitative estimate of drug-likeness (QED) is 0.694. The summed E-state index contributed by atoms with van der Waals surface area (Å²) in [6.45, 7) is 9.81. The second-order valence-electron chi connectivity index (χ2n) is 7.69. The van der Waals surface area contributed by atoms with E-state index in [1.807, 2.05) is 45.9 Å². The maximum absolute atomic E-state index is 12.4. The molecule has 5 nitrogen and oxygen atoms in total. The number of aryl methyl sites for hydroxylation is 2. The van der Waals surface area contributed by atoms with Crippen LogP contribution in [0.15, 0.2) is 28.8 Å². The van der Waals surface area contributed by atoms with E-state index in [-0.39, 0.29) is 34.2 Å². The van der Waals surface area contributed by atoms with Gasteiger partial charge in [0.05, 0.1) is 12.5 Å². The Morgan fingerprint density at radius 3 is 2.59 bits per heavy atom. The Hall–Kier alpha value is -1.72. The monoisotopic (exact) mass is 412 g/mol. The van der Waals surface area contributed by atoms with Gasteiger partial charge < -0.3 is 10.1 Å². The number of hydrogen-bond donors (Lipinski definition) is 2. The summed E-state index contributed by atoms with van der Waals surface area (Å²) < 4.78 is 5.49. The van der Waals surface area contributed by atoms with E-state index in [0.29, 0.717) is 5.69 Å². The molecule has 0 aromatic heterocycles. The Bertz CT molecular complexity index is 758. The van der Waals surface area contributed by atoms with Gasteiger partial charge in [-0.2, -0.15) is 0 Å². The number of benzene rings is 1. The molecule has 0 saturated heterocycles. The van der Waals surface area contributed by atoms with Gasteiger partial charge in [-0.1, -0.05) is 49.2 Å². The van der Waals surface area contributed by atoms with Crippen LogP contribution in [0.1, 0.15) is 31.9 Å². The molecule has 1 fully saturated rings. The summed E-state index contributed by atoms with van der Waals surface area (Å²) in [6.07, 6.45) is 0.684. The third-order valence-electron chi connectivity index (χ3n) is 5.00. The van der Waals surface area contributed by atoms with Crippen molar-refractivity contribution in [2.75, 3.05) is 11.9 Å². The first kappa shape index (κ1) is 21.6. The van der Waals surface area contributed by atoms with Crippen LogP contribution in [0.5, 0.6) is 0 Å². The molecule has 0 radical (unpaired) electrons. The SMILES string of the molecule is Cc1ccc(C)c(NC(=O)O[C@@H](C)CNC(=O)[C@H]2[C@H](C=C(Cl)Cl)C2(C)C)c1. The Labute approximate surface area is 170 Å². The number of ether oxygens (including phenoxy) is 1. The van der Waals surface area contributed by atoms with Crippen LogP contribution in [0.4, 0.5) is 10.5 Å². The van der Waals surface area contributed by atoms with Crippen molar-refractivity contribution >= 4 is 40.9 Å². The molecule has 0 unspecified atom stereocenters. The zero-order chi connectivity index (χ0) is 20.4. The van der Waals surface area contributed by atoms with Crippen LogP contribution in [0, 0.1) is 31.1 Å². The average Bonchev–Trinajstić information content (AvgIpc) is 3.08. The molecule has 0 heterocycles. The molecule has 2 rings (SSSR count). The van der Waals surface area contributed by atoms with Gasteiger partial charge in [0, 0.05) is 5.69 Å². The molecule has 1 aromatic rings. The lowest BCUT2D eigenvalue weighted by molar-refractivity contribution is -0.123. The predicted molar refractivity (Wildman–Crippen MR) is 109 cm³/mol. The highest BCUT2D eigenvalue weighted by Gasteiger charge is 2.60. The Kier molecular flexibility index (Phi) is 6.82. The summed E-state index contributed by atoms with van der Waals surface area (Å²) in [5.41, 5.74) is 2.52. The number of halogens is 2. The topological polar surface area (TPSA) is 67.4 Å². The number of allylic oxidation sites excluding steroid dienone is 1. The lowest BCUT2D eigenvalue weighted by Crippen LogP contribution is -2.35. The van der Waals surface area contributed by atoms with Crippen LogP contribution in [-0.2, 0) is 9.53 Å². The third kappa shape index (κ3) is 5.63. The van der Waals surface area contributed by atoms with Gasteiger partial charge >= 0.3 is 6.09 Å². The highest BCUT2D eigenvalue weighted by Crippen LogP contribution is 2.59. The van der Waals surface area contributed by atoms with Gasteiger partial charge in [-0.3, -0.25) is 10.1 Å². The number of hydrogen-bond acceptors (Lipinski definition) is 3. The Balaban J connectivity index is 1.81. The van der Waals surface area contributed by atoms with E-state index >= 15 is 0 Å². The van der Waals surface area contributed by atoms with Crippen molar-refractivity contribution in [3.8, 4) is 0 Å². The molecule has 2 N–H and O–H groups in total. The minimum atomic E-state index is -0.549. The zero-order valence-electron chi connectivity index (χ0n) is 16.2. The minimum absolute atomic E-state index is 0.00585. The average molecular weight is 413 g/mol. The van der Waals surface area contributed by atoms with Crippen LogP contribution in [0.25, 0.3) is 0 Å². The van der Waals surface area contributed by atoms with Crippen molar-refractivity contribution in [3.05, 3.63) is 39.9 Å². The molecule has 7 heteroatoms. The normalized spacial score (nSPS) is 21.0. The van der Waals surface area contributed by atoms with E-state index in [4.69, 9.17) is 27.9 Å². The van der Waals surface area contributed by atoms with Crippen molar-refractivity contribution in [1.82, 2.24) is 5.32 Å². The van der Waals surface area contributed by atoms with E-state index < -0.39 is 12.2 Å². The van der Waals surface area contributed by atoms with Gasteiger partial charge in [-0.25, -0.2) is 4.79 Å². The number of carbonyl (C=O) groups excluding carboxylic acids is 2. The molecule has 27 heavy (non-hydrogen) atoms. The largest absolute Gasteiger partial charge is 0.444 e. The fourth-order valence-corrected chi connectivity index (χ4v) is 3.49. The highest BCUT2D eigenvalue weighted by atomic mass is 35.5. The summed E-state index contributed by atoms with van der Waals surface area (Å²) in [5.74, 6) is -0.284. The number of anilines is 1. The number of nitrogens with one attached hydrogen (secondary N) is 2. The zero-order valence-corrected chi connectivity index (χ0v) is 17.7. The third-order valence-corrected chi connectivity index (χ3v) is 5.25. The van der Waals surface area contributed by atoms with E-state index in [1.165, 1.54) is 0 Å². The van der Waals surface area contributed by atoms with Gasteiger partial charge in [0.25, 0.3) is 0 Å². The number of amides is 2. The number of rotatable bonds is 6. The molecule has 3 atom stereocenters. The summed E-state index contributed by atoms with van der Waals surface area (Å²) in [4.78, 5) is 24.5. The molecule has 1 saturated carbocycles. The smallest absolute Gasteiger partial charge is 0.411 e. The molecule has 1 aromatic carbocycles. The predicted octanol–water partition coefficient (Wildman–Crippen LogP) is 4.95. The van der Waals surface area contributed by atoms with Crippen molar-refractivity contribution in [2.24, 2.45) is 17.3 Å². The lowest BCUT2D eigenvalue weighted by Gasteiger charge is -2.16. The lowest BCUT2D eigenvalue weighted by atomic mass is 10.1. The summed E-state index contributed by atoms with van der Waals surface area (Å²) in [7, 11) is 0. The first-order valence-corrected chi connectivity index (χ1v) is 9.63. The van der Waals surface area contributed by atoms with Crippen LogP contribution in [-0.4, -0.2) is 24.6 Å². The fourth-order valence-electron chi connectivity index (χ4n) is 3.21. The van der Waals surface area contributed by atoms with Gasteiger partial charge in [0.2, 0.25) is 5.91 Å². The standard InChI is InChI=1S/C20H26Cl2N2O3/c1-11-6-7-12(2)15(8-11)24-19(26)27-13(3)10-23-18(25)17-14(9-16(21)22)20(17,4)5/h6-9,13-14,17H,10H2,1-5H3,(H,23,25)(H,24,26)/t13-,14-,17+/m0/s1. The molecule has 0 spiro atoms. The van der Waals surface area contributed by atoms with E-state index in [2.05, 4.69) is 10.6 Å². The van der Waals surface area contributed by atoms with Crippen molar-refractivity contribution in [2.45, 2.75) is 40.7 Å². The molecule has 0 bridgehead atoms. The molecular weight excluding hydrogens is 387 g/mol. The molecular formula is C20H26Cl2N2O3. The first-order valence-electron chi connectivity index (χ1n) is 8.87. The second-order valence-corrected chi connectivity index (χ2v) is 8.69. The summed E-state index contributed by atoms with van der Waals surface area (Å²) >= 11 is 11.4.